The number of fused-ring (bicyclic) bond motifs is 1. The Morgan fingerprint density at radius 1 is 1.11 bits per heavy atom. The van der Waals surface area contributed by atoms with Crippen LogP contribution in [-0.2, 0) is 16.1 Å². The first-order chi connectivity index (χ1) is 13.5. The summed E-state index contributed by atoms with van der Waals surface area (Å²) in [5, 5.41) is 12.1. The molecule has 0 fully saturated rings. The second kappa shape index (κ2) is 8.56. The van der Waals surface area contributed by atoms with Crippen molar-refractivity contribution < 1.29 is 19.5 Å². The largest absolute Gasteiger partial charge is 0.481 e. The standard InChI is InChI=1S/C21H23N3O4/c1-23(13-15-7-3-2-4-8-15)21(28)22-12-11-19(25)24-14-17(20(26)27)16-9-5-6-10-18(16)24/h2-10,17H,11-14H2,1H3,(H,22,28)(H,26,27). The molecule has 1 unspecified atom stereocenters. The van der Waals surface area contributed by atoms with E-state index in [1.54, 1.807) is 36.2 Å². The number of anilines is 1. The lowest BCUT2D eigenvalue weighted by Gasteiger charge is -2.20. The van der Waals surface area contributed by atoms with Crippen molar-refractivity contribution in [3.05, 3.63) is 65.7 Å². The van der Waals surface area contributed by atoms with Gasteiger partial charge in [0.25, 0.3) is 0 Å². The van der Waals surface area contributed by atoms with Crippen molar-refractivity contribution in [2.45, 2.75) is 18.9 Å². The molecule has 0 saturated carbocycles. The molecule has 2 N–H and O–H groups in total. The van der Waals surface area contributed by atoms with Gasteiger partial charge in [0, 0.05) is 38.8 Å². The maximum Gasteiger partial charge on any atom is 0.317 e. The molecule has 0 bridgehead atoms. The minimum atomic E-state index is -0.946. The fourth-order valence-corrected chi connectivity index (χ4v) is 3.33. The number of nitrogens with one attached hydrogen (secondary N) is 1. The first-order valence-corrected chi connectivity index (χ1v) is 9.12. The van der Waals surface area contributed by atoms with Gasteiger partial charge in [-0.25, -0.2) is 4.79 Å². The molecule has 146 valence electrons. The zero-order valence-corrected chi connectivity index (χ0v) is 15.7. The molecule has 1 aliphatic rings. The molecule has 2 aromatic rings. The summed E-state index contributed by atoms with van der Waals surface area (Å²) in [5.74, 6) is -1.87. The van der Waals surface area contributed by atoms with Crippen LogP contribution in [0.5, 0.6) is 0 Å². The number of para-hydroxylation sites is 1. The summed E-state index contributed by atoms with van der Waals surface area (Å²) in [6.07, 6.45) is 0.103. The highest BCUT2D eigenvalue weighted by Crippen LogP contribution is 2.36. The van der Waals surface area contributed by atoms with Crippen LogP contribution < -0.4 is 10.2 Å². The lowest BCUT2D eigenvalue weighted by molar-refractivity contribution is -0.138. The number of urea groups is 1. The maximum atomic E-state index is 12.6. The van der Waals surface area contributed by atoms with Crippen LogP contribution >= 0.6 is 0 Å². The normalized spacial score (nSPS) is 15.0. The van der Waals surface area contributed by atoms with Gasteiger partial charge in [-0.1, -0.05) is 48.5 Å². The summed E-state index contributed by atoms with van der Waals surface area (Å²) in [7, 11) is 1.69. The predicted molar refractivity (Wildman–Crippen MR) is 105 cm³/mol. The van der Waals surface area contributed by atoms with E-state index in [0.717, 1.165) is 5.56 Å². The summed E-state index contributed by atoms with van der Waals surface area (Å²) >= 11 is 0. The van der Waals surface area contributed by atoms with Crippen molar-refractivity contribution in [2.24, 2.45) is 0 Å². The van der Waals surface area contributed by atoms with Gasteiger partial charge >= 0.3 is 12.0 Å². The van der Waals surface area contributed by atoms with Crippen molar-refractivity contribution in [1.82, 2.24) is 10.2 Å². The lowest BCUT2D eigenvalue weighted by Crippen LogP contribution is -2.39. The Kier molecular flexibility index (Phi) is 5.93. The van der Waals surface area contributed by atoms with E-state index < -0.39 is 11.9 Å². The Hall–Kier alpha value is -3.35. The molecule has 0 aliphatic carbocycles. The van der Waals surface area contributed by atoms with Crippen LogP contribution in [0.25, 0.3) is 0 Å². The molecule has 1 aliphatic heterocycles. The van der Waals surface area contributed by atoms with E-state index in [1.807, 2.05) is 30.3 Å². The van der Waals surface area contributed by atoms with Crippen molar-refractivity contribution in [1.29, 1.82) is 0 Å². The second-order valence-electron chi connectivity index (χ2n) is 6.78. The number of carboxylic acids is 1. The third-order valence-electron chi connectivity index (χ3n) is 4.79. The molecule has 0 spiro atoms. The quantitative estimate of drug-likeness (QED) is 0.804. The second-order valence-corrected chi connectivity index (χ2v) is 6.78. The van der Waals surface area contributed by atoms with Crippen LogP contribution in [0.15, 0.2) is 54.6 Å². The van der Waals surface area contributed by atoms with Crippen LogP contribution in [0.1, 0.15) is 23.5 Å². The van der Waals surface area contributed by atoms with Gasteiger partial charge in [-0.2, -0.15) is 0 Å². The first kappa shape index (κ1) is 19.4. The minimum Gasteiger partial charge on any atom is -0.481 e. The molecule has 0 saturated heterocycles. The minimum absolute atomic E-state index is 0.103. The van der Waals surface area contributed by atoms with E-state index in [9.17, 15) is 19.5 Å². The zero-order valence-electron chi connectivity index (χ0n) is 15.7. The van der Waals surface area contributed by atoms with Gasteiger partial charge in [-0.05, 0) is 17.2 Å². The summed E-state index contributed by atoms with van der Waals surface area (Å²) in [4.78, 5) is 39.3. The van der Waals surface area contributed by atoms with Crippen molar-refractivity contribution >= 4 is 23.6 Å². The number of hydrogen-bond donors (Lipinski definition) is 2. The first-order valence-electron chi connectivity index (χ1n) is 9.12. The van der Waals surface area contributed by atoms with E-state index in [-0.39, 0.29) is 31.4 Å². The molecule has 1 heterocycles. The molecule has 7 heteroatoms. The number of carbonyl (C=O) groups is 3. The average Bonchev–Trinajstić information content (AvgIpc) is 3.08. The highest BCUT2D eigenvalue weighted by Gasteiger charge is 2.35. The summed E-state index contributed by atoms with van der Waals surface area (Å²) < 4.78 is 0. The van der Waals surface area contributed by atoms with E-state index in [1.165, 1.54) is 4.90 Å². The van der Waals surface area contributed by atoms with Crippen LogP contribution in [0.4, 0.5) is 10.5 Å². The van der Waals surface area contributed by atoms with E-state index in [0.29, 0.717) is 17.8 Å². The van der Waals surface area contributed by atoms with Gasteiger partial charge in [0.15, 0.2) is 0 Å². The highest BCUT2D eigenvalue weighted by atomic mass is 16.4. The van der Waals surface area contributed by atoms with Crippen LogP contribution in [-0.4, -0.2) is 48.1 Å². The van der Waals surface area contributed by atoms with Gasteiger partial charge in [-0.3, -0.25) is 9.59 Å². The SMILES string of the molecule is CN(Cc1ccccc1)C(=O)NCCC(=O)N1CC(C(=O)O)c2ccccc21. The van der Waals surface area contributed by atoms with Crippen molar-refractivity contribution in [3.8, 4) is 0 Å². The number of benzene rings is 2. The van der Waals surface area contributed by atoms with Crippen molar-refractivity contribution in [2.75, 3.05) is 25.0 Å². The van der Waals surface area contributed by atoms with E-state index in [2.05, 4.69) is 5.32 Å². The third-order valence-corrected chi connectivity index (χ3v) is 4.79. The van der Waals surface area contributed by atoms with Gasteiger partial charge < -0.3 is 20.2 Å². The number of hydrogen-bond acceptors (Lipinski definition) is 3. The summed E-state index contributed by atoms with van der Waals surface area (Å²) in [6, 6.07) is 16.4. The Balaban J connectivity index is 1.52. The van der Waals surface area contributed by atoms with Gasteiger partial charge in [0.1, 0.15) is 5.92 Å². The predicted octanol–water partition coefficient (Wildman–Crippen LogP) is 2.43. The monoisotopic (exact) mass is 381 g/mol. The Labute approximate surface area is 163 Å². The topological polar surface area (TPSA) is 90.0 Å². The number of carbonyl (C=O) groups excluding carboxylic acids is 2. The number of carboxylic acid groups (broad SMARTS) is 1. The number of nitrogens with zero attached hydrogens (tertiary/aromatic N) is 2. The van der Waals surface area contributed by atoms with Crippen LogP contribution in [0.2, 0.25) is 0 Å². The molecule has 2 aromatic carbocycles. The van der Waals surface area contributed by atoms with Crippen molar-refractivity contribution in [3.63, 3.8) is 0 Å². The Morgan fingerprint density at radius 2 is 1.79 bits per heavy atom. The number of amides is 3. The molecule has 0 radical (unpaired) electrons. The fourth-order valence-electron chi connectivity index (χ4n) is 3.33. The molecular formula is C21H23N3O4. The molecule has 3 amide bonds. The highest BCUT2D eigenvalue weighted by molar-refractivity contribution is 5.99. The van der Waals surface area contributed by atoms with Gasteiger partial charge in [-0.15, -0.1) is 0 Å². The third kappa shape index (κ3) is 4.31. The number of rotatable bonds is 6. The average molecular weight is 381 g/mol. The van der Waals surface area contributed by atoms with E-state index in [4.69, 9.17) is 0 Å². The number of aliphatic carboxylic acids is 1. The molecule has 0 aromatic heterocycles. The molecule has 3 rings (SSSR count). The van der Waals surface area contributed by atoms with Crippen LogP contribution in [0.3, 0.4) is 0 Å². The van der Waals surface area contributed by atoms with Gasteiger partial charge in [0.05, 0.1) is 0 Å². The Morgan fingerprint density at radius 3 is 2.50 bits per heavy atom. The molecule has 28 heavy (non-hydrogen) atoms. The maximum absolute atomic E-state index is 12.6. The lowest BCUT2D eigenvalue weighted by atomic mass is 10.0. The molecular weight excluding hydrogens is 358 g/mol. The Bertz CT molecular complexity index is 869. The van der Waals surface area contributed by atoms with E-state index >= 15 is 0 Å². The summed E-state index contributed by atoms with van der Waals surface area (Å²) in [6.45, 7) is 0.781. The fraction of sp³-hybridized carbons (Fsp3) is 0.286. The van der Waals surface area contributed by atoms with Gasteiger partial charge in [0.2, 0.25) is 5.91 Å². The summed E-state index contributed by atoms with van der Waals surface area (Å²) in [5.41, 5.74) is 2.30. The molecule has 1 atom stereocenters. The zero-order chi connectivity index (χ0) is 20.1. The smallest absolute Gasteiger partial charge is 0.317 e. The van der Waals surface area contributed by atoms with Crippen LogP contribution in [0, 0.1) is 0 Å². The molecule has 7 nitrogen and oxygen atoms in total.